The van der Waals surface area contributed by atoms with E-state index in [0.29, 0.717) is 16.6 Å². The average Bonchev–Trinajstić information content (AvgIpc) is 2.99. The van der Waals surface area contributed by atoms with Crippen molar-refractivity contribution in [3.05, 3.63) is 74.9 Å². The quantitative estimate of drug-likeness (QED) is 0.371. The van der Waals surface area contributed by atoms with E-state index in [-0.39, 0.29) is 17.5 Å². The Labute approximate surface area is 186 Å². The molecule has 1 atom stereocenters. The number of fused-ring (bicyclic) bond motifs is 1. The number of nitrogens with zero attached hydrogens (tertiary/aromatic N) is 2. The normalized spacial score (nSPS) is 12.6. The highest BCUT2D eigenvalue weighted by atomic mass is 35.5. The van der Waals surface area contributed by atoms with Crippen molar-refractivity contribution in [1.29, 1.82) is 5.26 Å². The molecule has 1 amide bonds. The highest BCUT2D eigenvalue weighted by molar-refractivity contribution is 6.42. The number of hydrogen-bond donors (Lipinski definition) is 1. The molecule has 1 aromatic heterocycles. The summed E-state index contributed by atoms with van der Waals surface area (Å²) in [6.45, 7) is 6.49. The third-order valence-electron chi connectivity index (χ3n) is 5.25. The van der Waals surface area contributed by atoms with Crippen LogP contribution < -0.4 is 5.32 Å². The van der Waals surface area contributed by atoms with E-state index in [9.17, 15) is 10.1 Å². The molecule has 0 aliphatic heterocycles. The molecule has 0 aliphatic carbocycles. The zero-order valence-electron chi connectivity index (χ0n) is 17.2. The Balaban J connectivity index is 2.08. The standard InChI is InChI=1S/C24H23Cl2N3O/c1-4-15(2)28-24(30)18(13-27)12-20-16(3)29(23-8-6-5-7-19(20)23)14-17-9-10-21(25)22(26)11-17/h5-12,15H,4,14H2,1-3H3,(H,28,30)/b18-12+/t15-/m1/s1. The second-order valence-electron chi connectivity index (χ2n) is 7.30. The zero-order valence-corrected chi connectivity index (χ0v) is 18.7. The molecule has 1 heterocycles. The monoisotopic (exact) mass is 439 g/mol. The van der Waals surface area contributed by atoms with Crippen molar-refractivity contribution < 1.29 is 4.79 Å². The summed E-state index contributed by atoms with van der Waals surface area (Å²) in [6, 6.07) is 15.6. The number of halogens is 2. The predicted molar refractivity (Wildman–Crippen MR) is 124 cm³/mol. The molecule has 154 valence electrons. The van der Waals surface area contributed by atoms with Gasteiger partial charge in [-0.15, -0.1) is 0 Å². The van der Waals surface area contributed by atoms with Crippen LogP contribution in [0.3, 0.4) is 0 Å². The summed E-state index contributed by atoms with van der Waals surface area (Å²) in [7, 11) is 0. The molecule has 2 aromatic carbocycles. The summed E-state index contributed by atoms with van der Waals surface area (Å²) >= 11 is 12.2. The maximum Gasteiger partial charge on any atom is 0.262 e. The van der Waals surface area contributed by atoms with Gasteiger partial charge in [0.2, 0.25) is 0 Å². The Bertz CT molecular complexity index is 1170. The van der Waals surface area contributed by atoms with Gasteiger partial charge in [0.05, 0.1) is 10.0 Å². The van der Waals surface area contributed by atoms with E-state index in [2.05, 4.69) is 16.0 Å². The van der Waals surface area contributed by atoms with Crippen molar-refractivity contribution in [3.8, 4) is 6.07 Å². The summed E-state index contributed by atoms with van der Waals surface area (Å²) < 4.78 is 2.16. The number of amides is 1. The molecular weight excluding hydrogens is 417 g/mol. The number of aromatic nitrogens is 1. The molecule has 0 radical (unpaired) electrons. The molecule has 0 saturated carbocycles. The number of carbonyl (C=O) groups is 1. The summed E-state index contributed by atoms with van der Waals surface area (Å²) in [6.07, 6.45) is 2.48. The Kier molecular flexibility index (Phi) is 6.87. The first-order chi connectivity index (χ1) is 14.3. The fourth-order valence-corrected chi connectivity index (χ4v) is 3.68. The Morgan fingerprint density at radius 1 is 1.23 bits per heavy atom. The molecule has 0 spiro atoms. The van der Waals surface area contributed by atoms with Gasteiger partial charge in [-0.2, -0.15) is 5.26 Å². The van der Waals surface area contributed by atoms with Crippen molar-refractivity contribution in [2.75, 3.05) is 0 Å². The molecule has 30 heavy (non-hydrogen) atoms. The van der Waals surface area contributed by atoms with Crippen molar-refractivity contribution in [2.45, 2.75) is 39.8 Å². The average molecular weight is 440 g/mol. The number of carbonyl (C=O) groups excluding carboxylic acids is 1. The van der Waals surface area contributed by atoms with Crippen molar-refractivity contribution >= 4 is 46.1 Å². The smallest absolute Gasteiger partial charge is 0.262 e. The fourth-order valence-electron chi connectivity index (χ4n) is 3.36. The van der Waals surface area contributed by atoms with Crippen LogP contribution >= 0.6 is 23.2 Å². The summed E-state index contributed by atoms with van der Waals surface area (Å²) in [5.41, 5.74) is 3.95. The highest BCUT2D eigenvalue weighted by Gasteiger charge is 2.17. The molecule has 0 fully saturated rings. The Morgan fingerprint density at radius 2 is 1.97 bits per heavy atom. The van der Waals surface area contributed by atoms with Crippen LogP contribution in [-0.2, 0) is 11.3 Å². The van der Waals surface area contributed by atoms with Gasteiger partial charge in [-0.3, -0.25) is 4.79 Å². The first-order valence-corrected chi connectivity index (χ1v) is 10.6. The number of rotatable bonds is 6. The number of nitrogens with one attached hydrogen (secondary N) is 1. The lowest BCUT2D eigenvalue weighted by molar-refractivity contribution is -0.117. The van der Waals surface area contributed by atoms with Crippen LogP contribution in [0.4, 0.5) is 0 Å². The number of nitriles is 1. The lowest BCUT2D eigenvalue weighted by Crippen LogP contribution is -2.32. The molecule has 3 aromatic rings. The topological polar surface area (TPSA) is 57.8 Å². The maximum atomic E-state index is 12.5. The molecule has 3 rings (SSSR count). The molecule has 0 aliphatic rings. The van der Waals surface area contributed by atoms with E-state index in [0.717, 1.165) is 34.1 Å². The zero-order chi connectivity index (χ0) is 21.8. The predicted octanol–water partition coefficient (Wildman–Crippen LogP) is 6.13. The number of hydrogen-bond acceptors (Lipinski definition) is 2. The lowest BCUT2D eigenvalue weighted by Gasteiger charge is -2.11. The minimum atomic E-state index is -0.354. The van der Waals surface area contributed by atoms with Crippen LogP contribution in [0, 0.1) is 18.3 Å². The van der Waals surface area contributed by atoms with Gasteiger partial charge in [0.1, 0.15) is 11.6 Å². The molecule has 4 nitrogen and oxygen atoms in total. The third-order valence-corrected chi connectivity index (χ3v) is 5.99. The Hall–Kier alpha value is -2.74. The fraction of sp³-hybridized carbons (Fsp3) is 0.250. The van der Waals surface area contributed by atoms with Gasteiger partial charge in [-0.1, -0.05) is 54.4 Å². The van der Waals surface area contributed by atoms with Gasteiger partial charge in [0.15, 0.2) is 0 Å². The van der Waals surface area contributed by atoms with Crippen molar-refractivity contribution in [1.82, 2.24) is 9.88 Å². The van der Waals surface area contributed by atoms with Gasteiger partial charge < -0.3 is 9.88 Å². The van der Waals surface area contributed by atoms with E-state index >= 15 is 0 Å². The molecule has 6 heteroatoms. The van der Waals surface area contributed by atoms with Crippen LogP contribution in [0.1, 0.15) is 37.1 Å². The summed E-state index contributed by atoms with van der Waals surface area (Å²) in [5, 5.41) is 14.5. The van der Waals surface area contributed by atoms with Crippen molar-refractivity contribution in [3.63, 3.8) is 0 Å². The lowest BCUT2D eigenvalue weighted by atomic mass is 10.1. The van der Waals surface area contributed by atoms with Gasteiger partial charge in [-0.25, -0.2) is 0 Å². The summed E-state index contributed by atoms with van der Waals surface area (Å²) in [5.74, 6) is -0.354. The van der Waals surface area contributed by atoms with Gasteiger partial charge in [0, 0.05) is 34.7 Å². The number of para-hydroxylation sites is 1. The maximum absolute atomic E-state index is 12.5. The second-order valence-corrected chi connectivity index (χ2v) is 8.12. The minimum Gasteiger partial charge on any atom is -0.349 e. The third kappa shape index (κ3) is 4.53. The van der Waals surface area contributed by atoms with Gasteiger partial charge >= 0.3 is 0 Å². The van der Waals surface area contributed by atoms with Crippen LogP contribution in [0.5, 0.6) is 0 Å². The first-order valence-electron chi connectivity index (χ1n) is 9.80. The van der Waals surface area contributed by atoms with Crippen LogP contribution in [0.2, 0.25) is 10.0 Å². The van der Waals surface area contributed by atoms with Gasteiger partial charge in [0.25, 0.3) is 5.91 Å². The molecule has 0 saturated heterocycles. The van der Waals surface area contributed by atoms with E-state index < -0.39 is 0 Å². The molecular formula is C24H23Cl2N3O. The van der Waals surface area contributed by atoms with E-state index in [4.69, 9.17) is 23.2 Å². The van der Waals surface area contributed by atoms with Crippen molar-refractivity contribution in [2.24, 2.45) is 0 Å². The van der Waals surface area contributed by atoms with Crippen LogP contribution in [0.25, 0.3) is 17.0 Å². The largest absolute Gasteiger partial charge is 0.349 e. The van der Waals surface area contributed by atoms with E-state index in [1.807, 2.05) is 57.2 Å². The highest BCUT2D eigenvalue weighted by Crippen LogP contribution is 2.30. The second kappa shape index (κ2) is 9.38. The number of benzene rings is 2. The van der Waals surface area contributed by atoms with Crippen LogP contribution in [0.15, 0.2) is 48.0 Å². The molecule has 1 N–H and O–H groups in total. The molecule has 0 unspecified atom stereocenters. The van der Waals surface area contributed by atoms with E-state index in [1.54, 1.807) is 12.1 Å². The molecule has 0 bridgehead atoms. The van der Waals surface area contributed by atoms with Gasteiger partial charge in [-0.05, 0) is 50.1 Å². The van der Waals surface area contributed by atoms with E-state index in [1.165, 1.54) is 0 Å². The SMILES string of the molecule is CC[C@@H](C)NC(=O)/C(C#N)=C/c1c(C)n(Cc2ccc(Cl)c(Cl)c2)c2ccccc12. The van der Waals surface area contributed by atoms with Crippen LogP contribution in [-0.4, -0.2) is 16.5 Å². The minimum absolute atomic E-state index is 0.00587. The first kappa shape index (κ1) is 22.0. The Morgan fingerprint density at radius 3 is 2.63 bits per heavy atom. The summed E-state index contributed by atoms with van der Waals surface area (Å²) in [4.78, 5) is 12.5.